The lowest BCUT2D eigenvalue weighted by molar-refractivity contribution is -0.137. The molecule has 0 bridgehead atoms. The summed E-state index contributed by atoms with van der Waals surface area (Å²) in [5.41, 5.74) is -0.428. The highest BCUT2D eigenvalue weighted by molar-refractivity contribution is 6.36. The van der Waals surface area contributed by atoms with E-state index < -0.39 is 17.6 Å². The molecule has 0 spiro atoms. The van der Waals surface area contributed by atoms with Crippen molar-refractivity contribution in [2.24, 2.45) is 5.89 Å². The molecule has 0 aliphatic heterocycles. The van der Waals surface area contributed by atoms with Crippen molar-refractivity contribution in [2.75, 3.05) is 0 Å². The first-order valence-electron chi connectivity index (χ1n) is 11.1. The Balaban J connectivity index is 1.41. The van der Waals surface area contributed by atoms with Crippen LogP contribution < -0.4 is 4.74 Å². The summed E-state index contributed by atoms with van der Waals surface area (Å²) in [6.07, 6.45) is -1.89. The summed E-state index contributed by atoms with van der Waals surface area (Å²) in [5, 5.41) is 4.09. The number of pyridine rings is 1. The van der Waals surface area contributed by atoms with Gasteiger partial charge in [-0.25, -0.2) is 4.98 Å². The summed E-state index contributed by atoms with van der Waals surface area (Å²) in [6.45, 7) is 1.56. The molecule has 13 heteroatoms. The quantitative estimate of drug-likeness (QED) is 0.263. The van der Waals surface area contributed by atoms with Crippen LogP contribution in [0.4, 0.5) is 13.2 Å². The van der Waals surface area contributed by atoms with Gasteiger partial charge in [0.2, 0.25) is 5.82 Å². The second-order valence-corrected chi connectivity index (χ2v) is 9.52. The number of carbonyl (C=O) groups is 1. The fourth-order valence-electron chi connectivity index (χ4n) is 3.89. The van der Waals surface area contributed by atoms with E-state index in [1.54, 1.807) is 6.92 Å². The normalized spacial score (nSPS) is 21.1. The number of Topliss-reactive ketones (excluding diaryl/α,β-unsaturated/α-hetero) is 1. The molecule has 1 saturated carbocycles. The molecule has 2 unspecified atom stereocenters. The number of nitrogens with zero attached hydrogens (tertiary/aromatic N) is 4. The van der Waals surface area contributed by atoms with Gasteiger partial charge >= 0.3 is 6.18 Å². The van der Waals surface area contributed by atoms with Crippen LogP contribution in [-0.4, -0.2) is 31.4 Å². The molecule has 1 aliphatic carbocycles. The number of halogens is 6. The summed E-state index contributed by atoms with van der Waals surface area (Å²) in [5.74, 6) is -1.08. The van der Waals surface area contributed by atoms with E-state index in [0.717, 1.165) is 16.7 Å². The predicted molar refractivity (Wildman–Crippen MR) is 126 cm³/mol. The first-order valence-corrected chi connectivity index (χ1v) is 11.7. The van der Waals surface area contributed by atoms with Gasteiger partial charge in [-0.3, -0.25) is 4.79 Å². The van der Waals surface area contributed by atoms with Gasteiger partial charge in [-0.1, -0.05) is 46.9 Å². The highest BCUT2D eigenvalue weighted by atomic mass is 35.5. The molecule has 0 N–H and O–H groups in total. The summed E-state index contributed by atoms with van der Waals surface area (Å²) in [6, 6.07) is 3.75. The number of hydrogen-bond donors (Lipinski definition) is 0. The molecular formula is C23H16Cl3F3N4O3. The lowest BCUT2D eigenvalue weighted by Gasteiger charge is -2.27. The molecule has 3 aromatic heterocycles. The monoisotopic (exact) mass is 559 g/mol. The van der Waals surface area contributed by atoms with Crippen molar-refractivity contribution in [2.45, 2.75) is 38.5 Å². The molecule has 0 radical (unpaired) electrons. The molecule has 1 aromatic carbocycles. The standard InChI is InChI=1S/C23H16Cl3F3N4O3/c1-10-4-12(2-3-18(10)34)35-19-7-14(24)13(6-15(19)25)20-31-22(36-32-20)17-9-33-8-11(23(27,28)29)5-16(26)21(33)30-17/h5-10,12H,2-4H2,1H3/i10D. The molecule has 7 nitrogen and oxygen atoms in total. The van der Waals surface area contributed by atoms with Crippen LogP contribution in [0.2, 0.25) is 15.1 Å². The van der Waals surface area contributed by atoms with Crippen LogP contribution >= 0.6 is 34.8 Å². The average Bonchev–Trinajstić information content (AvgIpc) is 3.45. The van der Waals surface area contributed by atoms with Gasteiger partial charge in [-0.15, -0.1) is 0 Å². The minimum absolute atomic E-state index is 0.0644. The highest BCUT2D eigenvalue weighted by Gasteiger charge is 2.32. The Kier molecular flexibility index (Phi) is 6.05. The lowest BCUT2D eigenvalue weighted by Crippen LogP contribution is -2.30. The fourth-order valence-corrected chi connectivity index (χ4v) is 4.59. The van der Waals surface area contributed by atoms with Gasteiger partial charge in [0, 0.05) is 37.7 Å². The maximum absolute atomic E-state index is 13.1. The van der Waals surface area contributed by atoms with Crippen molar-refractivity contribution in [3.05, 3.63) is 51.2 Å². The molecule has 0 saturated heterocycles. The fraction of sp³-hybridized carbons (Fsp3) is 0.304. The Hall–Kier alpha value is -2.82. The molecular weight excluding hydrogens is 544 g/mol. The minimum atomic E-state index is -4.58. The van der Waals surface area contributed by atoms with Crippen molar-refractivity contribution >= 4 is 46.2 Å². The molecule has 188 valence electrons. The Bertz CT molecular complexity index is 1540. The van der Waals surface area contributed by atoms with Gasteiger partial charge in [-0.05, 0) is 25.0 Å². The highest BCUT2D eigenvalue weighted by Crippen LogP contribution is 2.38. The Morgan fingerprint density at radius 2 is 1.92 bits per heavy atom. The zero-order valence-corrected chi connectivity index (χ0v) is 20.6. The van der Waals surface area contributed by atoms with Gasteiger partial charge in [0.25, 0.3) is 5.89 Å². The van der Waals surface area contributed by atoms with Crippen LogP contribution in [0, 0.1) is 5.89 Å². The van der Waals surface area contributed by atoms with E-state index in [1.807, 2.05) is 0 Å². The van der Waals surface area contributed by atoms with Crippen LogP contribution in [0.3, 0.4) is 0 Å². The largest absolute Gasteiger partial charge is 0.489 e. The molecule has 1 fully saturated rings. The number of imidazole rings is 1. The third-order valence-corrected chi connectivity index (χ3v) is 6.62. The smallest absolute Gasteiger partial charge is 0.417 e. The van der Waals surface area contributed by atoms with E-state index in [0.29, 0.717) is 12.0 Å². The molecule has 3 heterocycles. The first kappa shape index (κ1) is 23.6. The van der Waals surface area contributed by atoms with Crippen molar-refractivity contribution in [3.8, 4) is 28.7 Å². The third-order valence-electron chi connectivity index (χ3n) is 5.74. The Labute approximate surface area is 218 Å². The number of ether oxygens (including phenoxy) is 1. The first-order chi connectivity index (χ1) is 17.3. The second-order valence-electron chi connectivity index (χ2n) is 8.30. The molecule has 0 amide bonds. The van der Waals surface area contributed by atoms with Crippen LogP contribution in [0.5, 0.6) is 5.75 Å². The van der Waals surface area contributed by atoms with Gasteiger partial charge in [0.05, 0.1) is 26.7 Å². The van der Waals surface area contributed by atoms with E-state index in [9.17, 15) is 18.0 Å². The predicted octanol–water partition coefficient (Wildman–Crippen LogP) is 7.17. The summed E-state index contributed by atoms with van der Waals surface area (Å²) >= 11 is 18.8. The molecule has 5 rings (SSSR count). The molecule has 2 atom stereocenters. The number of alkyl halides is 3. The lowest BCUT2D eigenvalue weighted by atomic mass is 9.87. The number of aromatic nitrogens is 4. The number of rotatable bonds is 4. The van der Waals surface area contributed by atoms with E-state index in [-0.39, 0.29) is 68.6 Å². The topological polar surface area (TPSA) is 82.5 Å². The third kappa shape index (κ3) is 4.77. The van der Waals surface area contributed by atoms with Crippen molar-refractivity contribution in [1.29, 1.82) is 0 Å². The second kappa shape index (κ2) is 9.24. The molecule has 36 heavy (non-hydrogen) atoms. The maximum atomic E-state index is 13.1. The van der Waals surface area contributed by atoms with Gasteiger partial charge in [0.15, 0.2) is 5.65 Å². The number of benzene rings is 1. The number of fused-ring (bicyclic) bond motifs is 1. The zero-order chi connectivity index (χ0) is 26.7. The van der Waals surface area contributed by atoms with Gasteiger partial charge in [-0.2, -0.15) is 18.2 Å². The van der Waals surface area contributed by atoms with E-state index in [4.69, 9.17) is 45.4 Å². The maximum Gasteiger partial charge on any atom is 0.417 e. The summed E-state index contributed by atoms with van der Waals surface area (Å²) in [4.78, 5) is 20.3. The number of ketones is 1. The molecule has 1 aliphatic rings. The Morgan fingerprint density at radius 3 is 2.64 bits per heavy atom. The van der Waals surface area contributed by atoms with Crippen molar-refractivity contribution in [1.82, 2.24) is 19.5 Å². The Morgan fingerprint density at radius 1 is 1.14 bits per heavy atom. The van der Waals surface area contributed by atoms with Crippen LogP contribution in [0.15, 0.2) is 35.1 Å². The van der Waals surface area contributed by atoms with Crippen molar-refractivity contribution < 1.29 is 28.6 Å². The summed E-state index contributed by atoms with van der Waals surface area (Å²) < 4.78 is 59.8. The average molecular weight is 561 g/mol. The molecule has 4 aromatic rings. The minimum Gasteiger partial charge on any atom is -0.489 e. The van der Waals surface area contributed by atoms with Crippen LogP contribution in [-0.2, 0) is 11.0 Å². The van der Waals surface area contributed by atoms with Crippen LogP contribution in [0.25, 0.3) is 28.6 Å². The number of hydrogen-bond acceptors (Lipinski definition) is 6. The van der Waals surface area contributed by atoms with E-state index in [2.05, 4.69) is 15.1 Å². The van der Waals surface area contributed by atoms with E-state index >= 15 is 0 Å². The van der Waals surface area contributed by atoms with Crippen molar-refractivity contribution in [3.63, 3.8) is 0 Å². The summed E-state index contributed by atoms with van der Waals surface area (Å²) in [7, 11) is 0. The number of carbonyl (C=O) groups excluding carboxylic acids is 1. The van der Waals surface area contributed by atoms with Gasteiger partial charge in [0.1, 0.15) is 17.2 Å². The zero-order valence-electron chi connectivity index (χ0n) is 19.4. The van der Waals surface area contributed by atoms with Crippen LogP contribution in [0.1, 0.15) is 33.1 Å². The SMILES string of the molecule is [2H]C1(C)CC(Oc2cc(Cl)c(-c3noc(-c4cn5cc(C(F)(F)F)cc(Cl)c5n4)n3)cc2Cl)CCC1=O. The van der Waals surface area contributed by atoms with E-state index in [1.165, 1.54) is 18.3 Å². The van der Waals surface area contributed by atoms with Gasteiger partial charge < -0.3 is 13.7 Å².